The average Bonchev–Trinajstić information content (AvgIpc) is 3.29. The van der Waals surface area contributed by atoms with Gasteiger partial charge in [0, 0.05) is 12.2 Å². The number of hydrogen-bond acceptors (Lipinski definition) is 3. The van der Waals surface area contributed by atoms with Crippen molar-refractivity contribution in [3.05, 3.63) is 66.1 Å². The summed E-state index contributed by atoms with van der Waals surface area (Å²) in [4.78, 5) is 22.3. The molecule has 2 aromatic carbocycles. The minimum Gasteiger partial charge on any atom is -0.333 e. The number of nitrogens with one attached hydrogen (secondary N) is 1. The fourth-order valence-electron chi connectivity index (χ4n) is 3.14. The van der Waals surface area contributed by atoms with E-state index in [1.807, 2.05) is 30.0 Å². The van der Waals surface area contributed by atoms with E-state index in [1.54, 1.807) is 18.3 Å². The van der Waals surface area contributed by atoms with Crippen molar-refractivity contribution < 1.29 is 9.18 Å². The molecule has 2 heterocycles. The maximum absolute atomic E-state index is 13.0. The Morgan fingerprint density at radius 2 is 2.00 bits per heavy atom. The number of thioether (sulfide) groups is 1. The van der Waals surface area contributed by atoms with Gasteiger partial charge in [-0.25, -0.2) is 9.37 Å². The van der Waals surface area contributed by atoms with E-state index in [9.17, 15) is 9.18 Å². The summed E-state index contributed by atoms with van der Waals surface area (Å²) in [6.45, 7) is 2.62. The molecule has 1 amide bonds. The zero-order valence-electron chi connectivity index (χ0n) is 14.3. The zero-order valence-corrected chi connectivity index (χ0v) is 15.1. The minimum absolute atomic E-state index is 0.0830. The molecule has 4 nitrogen and oxygen atoms in total. The lowest BCUT2D eigenvalue weighted by Crippen LogP contribution is -2.35. The van der Waals surface area contributed by atoms with Crippen molar-refractivity contribution in [2.45, 2.75) is 23.8 Å². The highest BCUT2D eigenvalue weighted by molar-refractivity contribution is 8.00. The lowest BCUT2D eigenvalue weighted by molar-refractivity contribution is -0.117. The number of carbonyl (C=O) groups is 1. The molecule has 1 aromatic heterocycles. The smallest absolute Gasteiger partial charge is 0.240 e. The summed E-state index contributed by atoms with van der Waals surface area (Å²) in [6, 6.07) is 14.3. The number of benzene rings is 2. The minimum atomic E-state index is -0.270. The van der Waals surface area contributed by atoms with Crippen molar-refractivity contribution >= 4 is 23.4 Å². The number of imidazole rings is 1. The van der Waals surface area contributed by atoms with Gasteiger partial charge in [-0.3, -0.25) is 4.79 Å². The molecule has 4 rings (SSSR count). The van der Waals surface area contributed by atoms with Crippen LogP contribution >= 0.6 is 11.8 Å². The maximum Gasteiger partial charge on any atom is 0.240 e. The number of nitrogens with zero attached hydrogens (tertiary/aromatic N) is 2. The number of H-pyrrole nitrogens is 1. The second-order valence-electron chi connectivity index (χ2n) is 6.24. The molecule has 1 unspecified atom stereocenters. The van der Waals surface area contributed by atoms with Crippen LogP contribution in [0.2, 0.25) is 0 Å². The summed E-state index contributed by atoms with van der Waals surface area (Å²) in [5, 5.41) is 0.422. The lowest BCUT2D eigenvalue weighted by Gasteiger charge is -2.20. The molecule has 1 aliphatic heterocycles. The highest BCUT2D eigenvalue weighted by atomic mass is 32.2. The Kier molecular flexibility index (Phi) is 4.51. The van der Waals surface area contributed by atoms with Crippen LogP contribution in [0.5, 0.6) is 0 Å². The number of halogens is 1. The molecule has 132 valence electrons. The number of aromatic nitrogens is 2. The van der Waals surface area contributed by atoms with Crippen LogP contribution in [0.3, 0.4) is 0 Å². The predicted octanol–water partition coefficient (Wildman–Crippen LogP) is 4.29. The molecule has 0 aliphatic carbocycles. The van der Waals surface area contributed by atoms with Gasteiger partial charge in [0.05, 0.1) is 17.1 Å². The van der Waals surface area contributed by atoms with E-state index in [2.05, 4.69) is 16.0 Å². The van der Waals surface area contributed by atoms with E-state index in [0.717, 1.165) is 29.9 Å². The van der Waals surface area contributed by atoms with Gasteiger partial charge >= 0.3 is 0 Å². The van der Waals surface area contributed by atoms with Gasteiger partial charge in [-0.2, -0.15) is 0 Å². The van der Waals surface area contributed by atoms with Crippen molar-refractivity contribution in [1.82, 2.24) is 9.97 Å². The number of rotatable bonds is 4. The van der Waals surface area contributed by atoms with Gasteiger partial charge in [0.1, 0.15) is 5.82 Å². The first-order valence-corrected chi connectivity index (χ1v) is 9.36. The van der Waals surface area contributed by atoms with E-state index in [1.165, 1.54) is 29.5 Å². The van der Waals surface area contributed by atoms with Gasteiger partial charge < -0.3 is 9.88 Å². The second kappa shape index (κ2) is 6.96. The molecule has 0 bridgehead atoms. The van der Waals surface area contributed by atoms with Gasteiger partial charge in [0.15, 0.2) is 5.16 Å². The Balaban J connectivity index is 1.46. The van der Waals surface area contributed by atoms with Crippen LogP contribution in [0.1, 0.15) is 12.5 Å². The Labute approximate surface area is 155 Å². The molecule has 0 fully saturated rings. The summed E-state index contributed by atoms with van der Waals surface area (Å²) in [6.07, 6.45) is 2.60. The van der Waals surface area contributed by atoms with Crippen LogP contribution in [-0.2, 0) is 11.2 Å². The van der Waals surface area contributed by atoms with E-state index < -0.39 is 0 Å². The molecule has 0 radical (unpaired) electrons. The normalized spacial score (nSPS) is 14.3. The third-order valence-corrected chi connectivity index (χ3v) is 5.48. The fourth-order valence-corrected chi connectivity index (χ4v) is 3.99. The molecule has 3 aromatic rings. The van der Waals surface area contributed by atoms with Gasteiger partial charge in [0.2, 0.25) is 5.91 Å². The number of aromatic amines is 1. The number of para-hydroxylation sites is 1. The molecule has 1 aliphatic rings. The Morgan fingerprint density at radius 3 is 2.81 bits per heavy atom. The first kappa shape index (κ1) is 16.8. The molecule has 0 spiro atoms. The van der Waals surface area contributed by atoms with E-state index >= 15 is 0 Å². The molecule has 0 saturated carbocycles. The van der Waals surface area contributed by atoms with Crippen LogP contribution in [0.15, 0.2) is 59.9 Å². The third kappa shape index (κ3) is 3.24. The van der Waals surface area contributed by atoms with Gasteiger partial charge in [0.25, 0.3) is 0 Å². The van der Waals surface area contributed by atoms with Gasteiger partial charge in [-0.15, -0.1) is 0 Å². The van der Waals surface area contributed by atoms with Gasteiger partial charge in [-0.1, -0.05) is 30.0 Å². The molecule has 6 heteroatoms. The standard InChI is InChI=1S/C20H18FN3OS/c1-13(19(25)24-11-10-15-4-2-3-5-18(15)24)26-20-22-12-17(23-20)14-6-8-16(21)9-7-14/h2-9,12-13H,10-11H2,1H3,(H,22,23). The zero-order chi connectivity index (χ0) is 18.1. The second-order valence-corrected chi connectivity index (χ2v) is 7.57. The Morgan fingerprint density at radius 1 is 1.23 bits per heavy atom. The van der Waals surface area contributed by atoms with Crippen LogP contribution < -0.4 is 4.90 Å². The number of amides is 1. The first-order chi connectivity index (χ1) is 12.6. The summed E-state index contributed by atoms with van der Waals surface area (Å²) >= 11 is 1.40. The van der Waals surface area contributed by atoms with Gasteiger partial charge in [-0.05, 0) is 54.8 Å². The highest BCUT2D eigenvalue weighted by Crippen LogP contribution is 2.31. The quantitative estimate of drug-likeness (QED) is 0.700. The van der Waals surface area contributed by atoms with Crippen molar-refractivity contribution in [1.29, 1.82) is 0 Å². The number of hydrogen-bond donors (Lipinski definition) is 1. The summed E-state index contributed by atoms with van der Waals surface area (Å²) in [5.74, 6) is -0.187. The molecule has 0 saturated heterocycles. The summed E-state index contributed by atoms with van der Waals surface area (Å²) < 4.78 is 13.0. The summed E-state index contributed by atoms with van der Waals surface area (Å²) in [7, 11) is 0. The maximum atomic E-state index is 13.0. The lowest BCUT2D eigenvalue weighted by atomic mass is 10.2. The van der Waals surface area contributed by atoms with E-state index in [0.29, 0.717) is 5.16 Å². The van der Waals surface area contributed by atoms with Crippen LogP contribution in [-0.4, -0.2) is 27.7 Å². The molecule has 26 heavy (non-hydrogen) atoms. The Hall–Kier alpha value is -2.60. The predicted molar refractivity (Wildman–Crippen MR) is 102 cm³/mol. The molecular formula is C20H18FN3OS. The SMILES string of the molecule is CC(Sc1ncc(-c2ccc(F)cc2)[nH]1)C(=O)N1CCc2ccccc21. The third-order valence-electron chi connectivity index (χ3n) is 4.50. The average molecular weight is 367 g/mol. The van der Waals surface area contributed by atoms with E-state index in [4.69, 9.17) is 0 Å². The number of carbonyl (C=O) groups excluding carboxylic acids is 1. The van der Waals surface area contributed by atoms with Crippen molar-refractivity contribution in [3.63, 3.8) is 0 Å². The summed E-state index contributed by atoms with van der Waals surface area (Å²) in [5.41, 5.74) is 3.89. The van der Waals surface area contributed by atoms with Crippen molar-refractivity contribution in [2.75, 3.05) is 11.4 Å². The number of fused-ring (bicyclic) bond motifs is 1. The molecular weight excluding hydrogens is 349 g/mol. The van der Waals surface area contributed by atoms with Crippen molar-refractivity contribution in [2.24, 2.45) is 0 Å². The fraction of sp³-hybridized carbons (Fsp3) is 0.200. The Bertz CT molecular complexity index is 938. The molecule has 1 N–H and O–H groups in total. The van der Waals surface area contributed by atoms with Crippen LogP contribution in [0.25, 0.3) is 11.3 Å². The molecule has 1 atom stereocenters. The first-order valence-electron chi connectivity index (χ1n) is 8.49. The number of anilines is 1. The van der Waals surface area contributed by atoms with Crippen molar-refractivity contribution in [3.8, 4) is 11.3 Å². The van der Waals surface area contributed by atoms with Crippen LogP contribution in [0, 0.1) is 5.82 Å². The van der Waals surface area contributed by atoms with Crippen LogP contribution in [0.4, 0.5) is 10.1 Å². The topological polar surface area (TPSA) is 49.0 Å². The largest absolute Gasteiger partial charge is 0.333 e. The van der Waals surface area contributed by atoms with E-state index in [-0.39, 0.29) is 17.0 Å². The monoisotopic (exact) mass is 367 g/mol. The highest BCUT2D eigenvalue weighted by Gasteiger charge is 2.28.